The van der Waals surface area contributed by atoms with Gasteiger partial charge in [0.2, 0.25) is 0 Å². The van der Waals surface area contributed by atoms with Crippen molar-refractivity contribution < 1.29 is 23.9 Å². The first kappa shape index (κ1) is 19.2. The van der Waals surface area contributed by atoms with E-state index in [0.717, 1.165) is 0 Å². The first-order chi connectivity index (χ1) is 12.3. The highest BCUT2D eigenvalue weighted by molar-refractivity contribution is 6.09. The predicted octanol–water partition coefficient (Wildman–Crippen LogP) is 2.79. The number of amides is 2. The highest BCUT2D eigenvalue weighted by Crippen LogP contribution is 2.22. The summed E-state index contributed by atoms with van der Waals surface area (Å²) in [6, 6.07) is 8.65. The van der Waals surface area contributed by atoms with Crippen LogP contribution in [0, 0.1) is 5.92 Å². The fraction of sp³-hybridized carbons (Fsp3) is 0.316. The number of hydrogen-bond donors (Lipinski definition) is 2. The Bertz CT molecular complexity index is 783. The van der Waals surface area contributed by atoms with E-state index in [9.17, 15) is 19.5 Å². The van der Waals surface area contributed by atoms with Crippen LogP contribution in [0.2, 0.25) is 0 Å². The molecule has 1 heterocycles. The summed E-state index contributed by atoms with van der Waals surface area (Å²) in [6.45, 7) is 3.76. The third-order valence-electron chi connectivity index (χ3n) is 3.86. The second-order valence-corrected chi connectivity index (χ2v) is 6.35. The molecule has 0 unspecified atom stereocenters. The van der Waals surface area contributed by atoms with Gasteiger partial charge < -0.3 is 19.7 Å². The summed E-state index contributed by atoms with van der Waals surface area (Å²) in [5.41, 5.74) is 0.574. The van der Waals surface area contributed by atoms with Crippen molar-refractivity contribution in [1.82, 2.24) is 5.32 Å². The van der Waals surface area contributed by atoms with Crippen molar-refractivity contribution in [2.45, 2.75) is 26.3 Å². The van der Waals surface area contributed by atoms with Gasteiger partial charge in [-0.2, -0.15) is 0 Å². The number of rotatable bonds is 7. The lowest BCUT2D eigenvalue weighted by Gasteiger charge is -2.21. The molecule has 0 aliphatic rings. The maximum absolute atomic E-state index is 12.6. The van der Waals surface area contributed by atoms with Gasteiger partial charge in [-0.25, -0.2) is 4.79 Å². The number of para-hydroxylation sites is 1. The molecule has 0 saturated heterocycles. The van der Waals surface area contributed by atoms with Crippen molar-refractivity contribution in [2.24, 2.45) is 5.92 Å². The predicted molar refractivity (Wildman–Crippen MR) is 96.2 cm³/mol. The van der Waals surface area contributed by atoms with Crippen molar-refractivity contribution in [2.75, 3.05) is 11.9 Å². The number of aliphatic carboxylic acids is 1. The van der Waals surface area contributed by atoms with Gasteiger partial charge in [0.1, 0.15) is 6.04 Å². The van der Waals surface area contributed by atoms with Gasteiger partial charge in [0.25, 0.3) is 11.8 Å². The molecular weight excluding hydrogens is 336 g/mol. The number of furan rings is 1. The van der Waals surface area contributed by atoms with E-state index in [0.29, 0.717) is 12.1 Å². The Morgan fingerprint density at radius 1 is 1.15 bits per heavy atom. The second kappa shape index (κ2) is 8.33. The number of anilines is 1. The molecule has 1 aromatic heterocycles. The third-order valence-corrected chi connectivity index (χ3v) is 3.86. The Kier molecular flexibility index (Phi) is 6.16. The van der Waals surface area contributed by atoms with Gasteiger partial charge in [-0.3, -0.25) is 9.59 Å². The monoisotopic (exact) mass is 358 g/mol. The molecule has 26 heavy (non-hydrogen) atoms. The van der Waals surface area contributed by atoms with Crippen LogP contribution in [0.4, 0.5) is 5.69 Å². The van der Waals surface area contributed by atoms with Gasteiger partial charge >= 0.3 is 5.97 Å². The van der Waals surface area contributed by atoms with E-state index in [1.54, 1.807) is 30.3 Å². The highest BCUT2D eigenvalue weighted by atomic mass is 16.4. The summed E-state index contributed by atoms with van der Waals surface area (Å²) in [6.07, 6.45) is 1.70. The zero-order valence-corrected chi connectivity index (χ0v) is 14.9. The molecule has 0 spiro atoms. The van der Waals surface area contributed by atoms with Crippen LogP contribution < -0.4 is 10.2 Å². The van der Waals surface area contributed by atoms with Crippen molar-refractivity contribution >= 4 is 23.5 Å². The Labute approximate surface area is 151 Å². The third kappa shape index (κ3) is 4.50. The number of benzene rings is 1. The van der Waals surface area contributed by atoms with E-state index < -0.39 is 23.8 Å². The molecule has 0 radical (unpaired) electrons. The summed E-state index contributed by atoms with van der Waals surface area (Å²) < 4.78 is 5.11. The maximum Gasteiger partial charge on any atom is 0.326 e. The zero-order chi connectivity index (χ0) is 19.3. The number of carbonyl (C=O) groups is 3. The first-order valence-electron chi connectivity index (χ1n) is 8.25. The fourth-order valence-electron chi connectivity index (χ4n) is 2.56. The van der Waals surface area contributed by atoms with Gasteiger partial charge in [0, 0.05) is 7.05 Å². The molecular formula is C19H22N2O5. The minimum Gasteiger partial charge on any atom is -0.480 e. The van der Waals surface area contributed by atoms with Crippen LogP contribution in [0.15, 0.2) is 47.1 Å². The number of nitrogens with zero attached hydrogens (tertiary/aromatic N) is 1. The van der Waals surface area contributed by atoms with Gasteiger partial charge in [-0.05, 0) is 36.6 Å². The normalized spacial score (nSPS) is 11.8. The average molecular weight is 358 g/mol. The van der Waals surface area contributed by atoms with Crippen LogP contribution in [0.3, 0.4) is 0 Å². The molecule has 2 rings (SSSR count). The molecule has 7 nitrogen and oxygen atoms in total. The Hall–Kier alpha value is -3.09. The van der Waals surface area contributed by atoms with Crippen molar-refractivity contribution in [1.29, 1.82) is 0 Å². The Morgan fingerprint density at radius 3 is 2.42 bits per heavy atom. The molecule has 0 aliphatic heterocycles. The SMILES string of the molecule is CC(C)C[C@@H](NC(=O)c1ccccc1N(C)C(=O)c1ccco1)C(=O)O. The zero-order valence-electron chi connectivity index (χ0n) is 14.9. The molecule has 0 saturated carbocycles. The molecule has 0 fully saturated rings. The van der Waals surface area contributed by atoms with E-state index >= 15 is 0 Å². The number of carboxylic acids is 1. The molecule has 7 heteroatoms. The van der Waals surface area contributed by atoms with Crippen molar-refractivity contribution in [3.05, 3.63) is 54.0 Å². The topological polar surface area (TPSA) is 99.9 Å². The van der Waals surface area contributed by atoms with Gasteiger partial charge in [0.15, 0.2) is 5.76 Å². The quantitative estimate of drug-likeness (QED) is 0.793. The van der Waals surface area contributed by atoms with Gasteiger partial charge in [0.05, 0.1) is 17.5 Å². The number of carbonyl (C=O) groups excluding carboxylic acids is 2. The summed E-state index contributed by atoms with van der Waals surface area (Å²) >= 11 is 0. The molecule has 2 aromatic rings. The standard InChI is InChI=1S/C19H22N2O5/c1-12(2)11-14(19(24)25)20-17(22)13-7-4-5-8-15(13)21(3)18(23)16-9-6-10-26-16/h4-10,12,14H,11H2,1-3H3,(H,20,22)(H,24,25)/t14-/m1/s1. The van der Waals surface area contributed by atoms with Crippen LogP contribution in [0.5, 0.6) is 0 Å². The lowest BCUT2D eigenvalue weighted by Crippen LogP contribution is -2.42. The van der Waals surface area contributed by atoms with E-state index in [1.165, 1.54) is 24.3 Å². The molecule has 0 aliphatic carbocycles. The smallest absolute Gasteiger partial charge is 0.326 e. The summed E-state index contributed by atoms with van der Waals surface area (Å²) in [7, 11) is 1.53. The molecule has 1 aromatic carbocycles. The minimum absolute atomic E-state index is 0.106. The second-order valence-electron chi connectivity index (χ2n) is 6.35. The summed E-state index contributed by atoms with van der Waals surface area (Å²) in [5.74, 6) is -1.80. The van der Waals surface area contributed by atoms with Crippen LogP contribution in [0.25, 0.3) is 0 Å². The molecule has 1 atom stereocenters. The molecule has 2 amide bonds. The van der Waals surface area contributed by atoms with E-state index in [4.69, 9.17) is 4.42 Å². The maximum atomic E-state index is 12.6. The highest BCUT2D eigenvalue weighted by Gasteiger charge is 2.25. The average Bonchev–Trinajstić information content (AvgIpc) is 3.14. The molecule has 0 bridgehead atoms. The number of nitrogens with one attached hydrogen (secondary N) is 1. The van der Waals surface area contributed by atoms with E-state index in [1.807, 2.05) is 13.8 Å². The minimum atomic E-state index is -1.09. The van der Waals surface area contributed by atoms with E-state index in [2.05, 4.69) is 5.32 Å². The first-order valence-corrected chi connectivity index (χ1v) is 8.25. The lowest BCUT2D eigenvalue weighted by molar-refractivity contribution is -0.139. The van der Waals surface area contributed by atoms with Crippen molar-refractivity contribution in [3.63, 3.8) is 0 Å². The van der Waals surface area contributed by atoms with Crippen LogP contribution >= 0.6 is 0 Å². The van der Waals surface area contributed by atoms with Gasteiger partial charge in [-0.1, -0.05) is 26.0 Å². The Morgan fingerprint density at radius 2 is 1.85 bits per heavy atom. The summed E-state index contributed by atoms with van der Waals surface area (Å²) in [5, 5.41) is 11.9. The number of hydrogen-bond acceptors (Lipinski definition) is 4. The molecule has 138 valence electrons. The van der Waals surface area contributed by atoms with Gasteiger partial charge in [-0.15, -0.1) is 0 Å². The van der Waals surface area contributed by atoms with Crippen LogP contribution in [-0.2, 0) is 4.79 Å². The van der Waals surface area contributed by atoms with E-state index in [-0.39, 0.29) is 17.2 Å². The lowest BCUT2D eigenvalue weighted by atomic mass is 10.0. The fourth-order valence-corrected chi connectivity index (χ4v) is 2.56. The largest absolute Gasteiger partial charge is 0.480 e. The van der Waals surface area contributed by atoms with Crippen LogP contribution in [0.1, 0.15) is 41.2 Å². The Balaban J connectivity index is 2.26. The molecule has 2 N–H and O–H groups in total. The van der Waals surface area contributed by atoms with Crippen LogP contribution in [-0.4, -0.2) is 36.0 Å². The van der Waals surface area contributed by atoms with Crippen molar-refractivity contribution in [3.8, 4) is 0 Å². The number of carboxylic acid groups (broad SMARTS) is 1. The summed E-state index contributed by atoms with van der Waals surface area (Å²) in [4.78, 5) is 37.8.